The third kappa shape index (κ3) is 10.1. The van der Waals surface area contributed by atoms with Crippen molar-refractivity contribution in [3.05, 3.63) is 42.0 Å². The molecule has 3 heteroatoms. The van der Waals surface area contributed by atoms with Crippen molar-refractivity contribution in [2.24, 2.45) is 5.92 Å². The van der Waals surface area contributed by atoms with E-state index < -0.39 is 0 Å². The lowest BCUT2D eigenvalue weighted by atomic mass is 10.0. The van der Waals surface area contributed by atoms with Crippen LogP contribution in [0.4, 0.5) is 5.69 Å². The third-order valence-corrected chi connectivity index (χ3v) is 3.61. The standard InChI is InChI=1S/C17H27NO2.C4H8/c1-5-7-8-14(6-2)13-20-17(19)15-9-11-16(12-10-15)18(3)4;1-4(2)3/h9-12,14H,5-8,13H2,1-4H3;1H2,2-3H3. The molecule has 1 aromatic rings. The SMILES string of the molecule is C=C(C)C.CCCCC(CC)COC(=O)c1ccc(N(C)C)cc1. The second kappa shape index (κ2) is 12.6. The molecule has 1 rings (SSSR count). The fraction of sp³-hybridized carbons (Fsp3) is 0.571. The molecule has 0 N–H and O–H groups in total. The normalized spacial score (nSPS) is 11.1. The molecule has 0 saturated heterocycles. The van der Waals surface area contributed by atoms with Crippen LogP contribution in [0.25, 0.3) is 0 Å². The van der Waals surface area contributed by atoms with E-state index in [0.717, 1.165) is 18.5 Å². The van der Waals surface area contributed by atoms with E-state index in [9.17, 15) is 4.79 Å². The molecule has 0 aliphatic carbocycles. The Morgan fingerprint density at radius 1 is 1.17 bits per heavy atom. The monoisotopic (exact) mass is 333 g/mol. The van der Waals surface area contributed by atoms with Crippen molar-refractivity contribution in [3.63, 3.8) is 0 Å². The summed E-state index contributed by atoms with van der Waals surface area (Å²) in [6, 6.07) is 7.52. The number of allylic oxidation sites excluding steroid dienone is 1. The van der Waals surface area contributed by atoms with Crippen LogP contribution in [0, 0.1) is 5.92 Å². The van der Waals surface area contributed by atoms with Gasteiger partial charge in [-0.15, -0.1) is 6.58 Å². The Morgan fingerprint density at radius 2 is 1.71 bits per heavy atom. The molecule has 136 valence electrons. The molecule has 0 spiro atoms. The molecule has 0 aromatic heterocycles. The number of esters is 1. The number of ether oxygens (including phenoxy) is 1. The summed E-state index contributed by atoms with van der Waals surface area (Å²) >= 11 is 0. The van der Waals surface area contributed by atoms with Crippen molar-refractivity contribution in [2.45, 2.75) is 53.4 Å². The highest BCUT2D eigenvalue weighted by Gasteiger charge is 2.11. The second-order valence-electron chi connectivity index (χ2n) is 6.66. The fourth-order valence-corrected chi connectivity index (χ4v) is 2.07. The van der Waals surface area contributed by atoms with E-state index in [1.165, 1.54) is 18.4 Å². The highest BCUT2D eigenvalue weighted by Crippen LogP contribution is 2.16. The van der Waals surface area contributed by atoms with Gasteiger partial charge in [-0.3, -0.25) is 0 Å². The number of hydrogen-bond acceptors (Lipinski definition) is 3. The van der Waals surface area contributed by atoms with Crippen LogP contribution >= 0.6 is 0 Å². The molecule has 24 heavy (non-hydrogen) atoms. The molecule has 0 heterocycles. The van der Waals surface area contributed by atoms with Crippen LogP contribution < -0.4 is 4.90 Å². The number of carbonyl (C=O) groups is 1. The molecule has 0 radical (unpaired) electrons. The number of nitrogens with zero attached hydrogens (tertiary/aromatic N) is 1. The van der Waals surface area contributed by atoms with E-state index in [2.05, 4.69) is 20.4 Å². The molecule has 1 aromatic carbocycles. The number of rotatable bonds is 8. The van der Waals surface area contributed by atoms with E-state index >= 15 is 0 Å². The van der Waals surface area contributed by atoms with E-state index in [-0.39, 0.29) is 5.97 Å². The van der Waals surface area contributed by atoms with Gasteiger partial charge in [-0.05, 0) is 50.5 Å². The lowest BCUT2D eigenvalue weighted by molar-refractivity contribution is 0.0428. The number of unbranched alkanes of at least 4 members (excludes halogenated alkanes) is 1. The molecule has 0 bridgehead atoms. The van der Waals surface area contributed by atoms with E-state index in [0.29, 0.717) is 18.1 Å². The predicted molar refractivity (Wildman–Crippen MR) is 105 cm³/mol. The van der Waals surface area contributed by atoms with Gasteiger partial charge in [0.05, 0.1) is 12.2 Å². The minimum Gasteiger partial charge on any atom is -0.462 e. The first-order chi connectivity index (χ1) is 11.3. The number of hydrogen-bond donors (Lipinski definition) is 0. The van der Waals surface area contributed by atoms with Crippen LogP contribution in [0.5, 0.6) is 0 Å². The summed E-state index contributed by atoms with van der Waals surface area (Å²) in [7, 11) is 3.96. The summed E-state index contributed by atoms with van der Waals surface area (Å²) in [4.78, 5) is 14.0. The van der Waals surface area contributed by atoms with E-state index in [1.54, 1.807) is 0 Å². The predicted octanol–water partition coefficient (Wildman–Crippen LogP) is 5.71. The summed E-state index contributed by atoms with van der Waals surface area (Å²) in [6.45, 7) is 12.4. The maximum Gasteiger partial charge on any atom is 0.338 e. The summed E-state index contributed by atoms with van der Waals surface area (Å²) in [6.07, 6.45) is 4.59. The molecule has 1 atom stereocenters. The maximum atomic E-state index is 12.0. The van der Waals surface area contributed by atoms with Crippen molar-refractivity contribution >= 4 is 11.7 Å². The summed E-state index contributed by atoms with van der Waals surface area (Å²) in [5.41, 5.74) is 2.87. The van der Waals surface area contributed by atoms with Crippen molar-refractivity contribution < 1.29 is 9.53 Å². The first-order valence-corrected chi connectivity index (χ1v) is 8.88. The zero-order chi connectivity index (χ0) is 18.5. The topological polar surface area (TPSA) is 29.5 Å². The van der Waals surface area contributed by atoms with Crippen LogP contribution in [0.3, 0.4) is 0 Å². The van der Waals surface area contributed by atoms with Gasteiger partial charge in [0.15, 0.2) is 0 Å². The molecular weight excluding hydrogens is 298 g/mol. The first kappa shape index (κ1) is 22.2. The Hall–Kier alpha value is -1.77. The molecule has 0 aliphatic heterocycles. The largest absolute Gasteiger partial charge is 0.462 e. The Kier molecular flexibility index (Phi) is 11.7. The molecule has 0 aliphatic rings. The van der Waals surface area contributed by atoms with Gasteiger partial charge < -0.3 is 9.64 Å². The summed E-state index contributed by atoms with van der Waals surface area (Å²) < 4.78 is 5.43. The van der Waals surface area contributed by atoms with Gasteiger partial charge in [-0.1, -0.05) is 38.7 Å². The van der Waals surface area contributed by atoms with Gasteiger partial charge in [0.25, 0.3) is 0 Å². The molecule has 3 nitrogen and oxygen atoms in total. The van der Waals surface area contributed by atoms with Gasteiger partial charge in [0, 0.05) is 19.8 Å². The van der Waals surface area contributed by atoms with Crippen molar-refractivity contribution in [2.75, 3.05) is 25.6 Å². The zero-order valence-corrected chi connectivity index (χ0v) is 16.4. The highest BCUT2D eigenvalue weighted by atomic mass is 16.5. The minimum absolute atomic E-state index is 0.217. The molecule has 0 fully saturated rings. The Balaban J connectivity index is 0.00000118. The molecular formula is C21H35NO2. The Bertz CT molecular complexity index is 473. The summed E-state index contributed by atoms with van der Waals surface area (Å²) in [5, 5.41) is 0. The number of benzene rings is 1. The fourth-order valence-electron chi connectivity index (χ4n) is 2.07. The van der Waals surface area contributed by atoms with Crippen molar-refractivity contribution in [3.8, 4) is 0 Å². The van der Waals surface area contributed by atoms with Gasteiger partial charge in [-0.25, -0.2) is 4.79 Å². The van der Waals surface area contributed by atoms with E-state index in [4.69, 9.17) is 4.74 Å². The van der Waals surface area contributed by atoms with Gasteiger partial charge in [-0.2, -0.15) is 0 Å². The zero-order valence-electron chi connectivity index (χ0n) is 16.4. The van der Waals surface area contributed by atoms with E-state index in [1.807, 2.05) is 57.1 Å². The lowest BCUT2D eigenvalue weighted by Gasteiger charge is -2.15. The minimum atomic E-state index is -0.217. The van der Waals surface area contributed by atoms with Crippen molar-refractivity contribution in [1.82, 2.24) is 0 Å². The average molecular weight is 334 g/mol. The second-order valence-corrected chi connectivity index (χ2v) is 6.66. The maximum absolute atomic E-state index is 12.0. The van der Waals surface area contributed by atoms with Gasteiger partial charge in [0.2, 0.25) is 0 Å². The Morgan fingerprint density at radius 3 is 2.12 bits per heavy atom. The van der Waals surface area contributed by atoms with Gasteiger partial charge in [0.1, 0.15) is 0 Å². The average Bonchev–Trinajstić information content (AvgIpc) is 2.54. The van der Waals surface area contributed by atoms with Crippen LogP contribution in [0.15, 0.2) is 36.4 Å². The van der Waals surface area contributed by atoms with Crippen LogP contribution in [0.1, 0.15) is 63.7 Å². The molecule has 0 amide bonds. The quantitative estimate of drug-likeness (QED) is 0.451. The first-order valence-electron chi connectivity index (χ1n) is 8.88. The summed E-state index contributed by atoms with van der Waals surface area (Å²) in [5.74, 6) is 0.269. The van der Waals surface area contributed by atoms with Crippen LogP contribution in [0.2, 0.25) is 0 Å². The molecule has 1 unspecified atom stereocenters. The van der Waals surface area contributed by atoms with Crippen LogP contribution in [-0.4, -0.2) is 26.7 Å². The highest BCUT2D eigenvalue weighted by molar-refractivity contribution is 5.89. The third-order valence-electron chi connectivity index (χ3n) is 3.61. The number of anilines is 1. The van der Waals surface area contributed by atoms with Crippen LogP contribution in [-0.2, 0) is 4.74 Å². The lowest BCUT2D eigenvalue weighted by Crippen LogP contribution is -2.14. The molecule has 0 saturated carbocycles. The van der Waals surface area contributed by atoms with Crippen molar-refractivity contribution in [1.29, 1.82) is 0 Å². The smallest absolute Gasteiger partial charge is 0.338 e. The number of carbonyl (C=O) groups excluding carboxylic acids is 1. The Labute approximate surface area is 148 Å². The van der Waals surface area contributed by atoms with Gasteiger partial charge >= 0.3 is 5.97 Å².